The van der Waals surface area contributed by atoms with Crippen molar-refractivity contribution in [1.29, 1.82) is 0 Å². The fraction of sp³-hybridized carbons (Fsp3) is 0.294. The lowest BCUT2D eigenvalue weighted by Gasteiger charge is -2.28. The lowest BCUT2D eigenvalue weighted by Crippen LogP contribution is -2.34. The van der Waals surface area contributed by atoms with E-state index < -0.39 is 17.2 Å². The zero-order chi connectivity index (χ0) is 16.0. The van der Waals surface area contributed by atoms with Crippen molar-refractivity contribution in [1.82, 2.24) is 0 Å². The zero-order valence-electron chi connectivity index (χ0n) is 12.1. The largest absolute Gasteiger partial charge is 0.383 e. The van der Waals surface area contributed by atoms with Crippen LogP contribution in [0.5, 0.6) is 0 Å². The van der Waals surface area contributed by atoms with E-state index in [2.05, 4.69) is 0 Å². The molecule has 0 heterocycles. The number of halogens is 2. The van der Waals surface area contributed by atoms with Gasteiger partial charge in [0.05, 0.1) is 13.2 Å². The van der Waals surface area contributed by atoms with Crippen LogP contribution in [0.15, 0.2) is 48.5 Å². The molecule has 0 saturated heterocycles. The van der Waals surface area contributed by atoms with E-state index in [0.717, 1.165) is 6.07 Å². The molecule has 22 heavy (non-hydrogen) atoms. The van der Waals surface area contributed by atoms with Crippen LogP contribution in [0.2, 0.25) is 0 Å². The maximum atomic E-state index is 13.1. The van der Waals surface area contributed by atoms with Gasteiger partial charge in [-0.3, -0.25) is 0 Å². The highest BCUT2D eigenvalue weighted by Crippen LogP contribution is 2.25. The Morgan fingerprint density at radius 3 is 2.27 bits per heavy atom. The molecule has 2 rings (SSSR count). The summed E-state index contributed by atoms with van der Waals surface area (Å²) >= 11 is 0. The molecule has 2 aromatic rings. The quantitative estimate of drug-likeness (QED) is 0.827. The molecule has 3 nitrogen and oxygen atoms in total. The van der Waals surface area contributed by atoms with Crippen molar-refractivity contribution in [2.75, 3.05) is 13.2 Å². The topological polar surface area (TPSA) is 55.5 Å². The summed E-state index contributed by atoms with van der Waals surface area (Å²) < 4.78 is 31.7. The minimum atomic E-state index is -1.22. The highest BCUT2D eigenvalue weighted by atomic mass is 19.1. The van der Waals surface area contributed by atoms with Crippen molar-refractivity contribution in [2.24, 2.45) is 5.73 Å². The maximum Gasteiger partial charge on any atom is 0.126 e. The summed E-state index contributed by atoms with van der Waals surface area (Å²) in [5.41, 5.74) is 5.41. The molecule has 0 aliphatic carbocycles. The van der Waals surface area contributed by atoms with Crippen LogP contribution in [0, 0.1) is 11.6 Å². The predicted molar refractivity (Wildman–Crippen MR) is 80.0 cm³/mol. The van der Waals surface area contributed by atoms with E-state index in [1.807, 2.05) is 18.2 Å². The van der Waals surface area contributed by atoms with Crippen molar-refractivity contribution >= 4 is 0 Å². The van der Waals surface area contributed by atoms with Gasteiger partial charge in [-0.15, -0.1) is 0 Å². The first-order chi connectivity index (χ1) is 10.5. The summed E-state index contributed by atoms with van der Waals surface area (Å²) in [5, 5.41) is 10.7. The van der Waals surface area contributed by atoms with E-state index in [9.17, 15) is 13.9 Å². The molecule has 0 amide bonds. The first kappa shape index (κ1) is 16.5. The van der Waals surface area contributed by atoms with Crippen molar-refractivity contribution in [3.05, 3.63) is 71.3 Å². The Morgan fingerprint density at radius 2 is 1.68 bits per heavy atom. The Kier molecular flexibility index (Phi) is 5.60. The molecule has 0 saturated carbocycles. The molecule has 3 N–H and O–H groups in total. The van der Waals surface area contributed by atoms with Gasteiger partial charge in [-0.1, -0.05) is 30.3 Å². The Balaban J connectivity index is 2.03. The summed E-state index contributed by atoms with van der Waals surface area (Å²) in [6, 6.07) is 12.3. The summed E-state index contributed by atoms with van der Waals surface area (Å²) in [5.74, 6) is -1.31. The molecule has 0 aromatic heterocycles. The number of hydrogen-bond acceptors (Lipinski definition) is 3. The number of hydrogen-bond donors (Lipinski definition) is 2. The third kappa shape index (κ3) is 4.34. The van der Waals surface area contributed by atoms with Crippen LogP contribution in [-0.2, 0) is 16.9 Å². The first-order valence-electron chi connectivity index (χ1n) is 7.04. The molecule has 0 bridgehead atoms. The van der Waals surface area contributed by atoms with Crippen LogP contribution in [0.25, 0.3) is 0 Å². The van der Waals surface area contributed by atoms with Gasteiger partial charge < -0.3 is 15.6 Å². The van der Waals surface area contributed by atoms with Crippen molar-refractivity contribution in [3.8, 4) is 0 Å². The molecule has 0 spiro atoms. The number of aliphatic hydroxyl groups is 1. The third-order valence-electron chi connectivity index (χ3n) is 3.40. The number of rotatable bonds is 7. The molecule has 0 fully saturated rings. The van der Waals surface area contributed by atoms with Gasteiger partial charge in [-0.05, 0) is 36.2 Å². The Hall–Kier alpha value is -1.82. The summed E-state index contributed by atoms with van der Waals surface area (Å²) in [6.45, 7) is 0.296. The second-order valence-corrected chi connectivity index (χ2v) is 5.21. The monoisotopic (exact) mass is 307 g/mol. The van der Waals surface area contributed by atoms with Crippen LogP contribution in [-0.4, -0.2) is 18.3 Å². The van der Waals surface area contributed by atoms with Gasteiger partial charge in [0, 0.05) is 6.07 Å². The number of ether oxygens (including phenoxy) is 1. The number of nitrogens with two attached hydrogens (primary N) is 1. The normalized spacial score (nSPS) is 13.8. The third-order valence-corrected chi connectivity index (χ3v) is 3.40. The smallest absolute Gasteiger partial charge is 0.126 e. The summed E-state index contributed by atoms with van der Waals surface area (Å²) in [7, 11) is 0. The molecular formula is C17H19F2NO2. The van der Waals surface area contributed by atoms with E-state index in [0.29, 0.717) is 24.1 Å². The van der Waals surface area contributed by atoms with Gasteiger partial charge >= 0.3 is 0 Å². The van der Waals surface area contributed by atoms with E-state index in [-0.39, 0.29) is 13.2 Å². The molecule has 118 valence electrons. The van der Waals surface area contributed by atoms with Crippen LogP contribution in [0.3, 0.4) is 0 Å². The van der Waals surface area contributed by atoms with Crippen LogP contribution in [0.1, 0.15) is 17.5 Å². The lowest BCUT2D eigenvalue weighted by atomic mass is 9.91. The number of benzene rings is 2. The molecule has 5 heteroatoms. The second kappa shape index (κ2) is 7.45. The van der Waals surface area contributed by atoms with Gasteiger partial charge in [-0.2, -0.15) is 0 Å². The average molecular weight is 307 g/mol. The summed E-state index contributed by atoms with van der Waals surface area (Å²) in [6.07, 6.45) is 0.328. The highest BCUT2D eigenvalue weighted by molar-refractivity contribution is 5.22. The Bertz CT molecular complexity index is 587. The molecule has 1 atom stereocenters. The van der Waals surface area contributed by atoms with Crippen molar-refractivity contribution in [3.63, 3.8) is 0 Å². The standard InChI is InChI=1S/C17H19F2NO2/c18-15-8-13(9-16(19)10-15)11-22-12-17(21,6-7-20)14-4-2-1-3-5-14/h1-5,8-10,21H,6-7,11-12,20H2. The lowest BCUT2D eigenvalue weighted by molar-refractivity contribution is -0.0603. The molecule has 0 aliphatic heterocycles. The fourth-order valence-corrected chi connectivity index (χ4v) is 2.32. The zero-order valence-corrected chi connectivity index (χ0v) is 12.1. The fourth-order valence-electron chi connectivity index (χ4n) is 2.32. The van der Waals surface area contributed by atoms with Gasteiger partial charge in [0.2, 0.25) is 0 Å². The molecular weight excluding hydrogens is 288 g/mol. The minimum Gasteiger partial charge on any atom is -0.383 e. The Labute approximate surface area is 128 Å². The van der Waals surface area contributed by atoms with E-state index in [4.69, 9.17) is 10.5 Å². The predicted octanol–water partition coefficient (Wildman–Crippen LogP) is 2.72. The second-order valence-electron chi connectivity index (χ2n) is 5.21. The average Bonchev–Trinajstić information content (AvgIpc) is 2.47. The first-order valence-corrected chi connectivity index (χ1v) is 7.04. The molecule has 1 unspecified atom stereocenters. The molecule has 0 radical (unpaired) electrons. The minimum absolute atomic E-state index is 0.00759. The van der Waals surface area contributed by atoms with Crippen LogP contribution in [0.4, 0.5) is 8.78 Å². The molecule has 0 aliphatic rings. The van der Waals surface area contributed by atoms with Gasteiger partial charge in [0.15, 0.2) is 0 Å². The van der Waals surface area contributed by atoms with E-state index in [1.165, 1.54) is 12.1 Å². The van der Waals surface area contributed by atoms with Crippen LogP contribution < -0.4 is 5.73 Å². The van der Waals surface area contributed by atoms with Gasteiger partial charge in [-0.25, -0.2) is 8.78 Å². The Morgan fingerprint density at radius 1 is 1.05 bits per heavy atom. The van der Waals surface area contributed by atoms with E-state index >= 15 is 0 Å². The SMILES string of the molecule is NCCC(O)(COCc1cc(F)cc(F)c1)c1ccccc1. The van der Waals surface area contributed by atoms with Crippen molar-refractivity contribution < 1.29 is 18.6 Å². The summed E-state index contributed by atoms with van der Waals surface area (Å²) in [4.78, 5) is 0. The maximum absolute atomic E-state index is 13.1. The highest BCUT2D eigenvalue weighted by Gasteiger charge is 2.28. The van der Waals surface area contributed by atoms with Crippen LogP contribution >= 0.6 is 0 Å². The van der Waals surface area contributed by atoms with Gasteiger partial charge in [0.1, 0.15) is 17.2 Å². The van der Waals surface area contributed by atoms with Crippen molar-refractivity contribution in [2.45, 2.75) is 18.6 Å². The molecule has 2 aromatic carbocycles. The van der Waals surface area contributed by atoms with Gasteiger partial charge in [0.25, 0.3) is 0 Å². The van der Waals surface area contributed by atoms with E-state index in [1.54, 1.807) is 12.1 Å².